The number of rotatable bonds is 2. The summed E-state index contributed by atoms with van der Waals surface area (Å²) < 4.78 is 0. The molecule has 1 aromatic carbocycles. The molecule has 2 rings (SSSR count). The van der Waals surface area contributed by atoms with E-state index in [1.165, 1.54) is 21.6 Å². The lowest BCUT2D eigenvalue weighted by molar-refractivity contribution is 1.30. The molecule has 0 saturated carbocycles. The smallest absolute Gasteiger partial charge is 0.183 e. The Morgan fingerprint density at radius 2 is 1.88 bits per heavy atom. The van der Waals surface area contributed by atoms with Crippen molar-refractivity contribution in [2.75, 3.05) is 12.4 Å². The molecule has 3 heteroatoms. The molecule has 0 bridgehead atoms. The van der Waals surface area contributed by atoms with Gasteiger partial charge in [0, 0.05) is 17.5 Å². The van der Waals surface area contributed by atoms with Gasteiger partial charge in [-0.25, -0.2) is 4.98 Å². The highest BCUT2D eigenvalue weighted by atomic mass is 32.1. The summed E-state index contributed by atoms with van der Waals surface area (Å²) in [6.45, 7) is 6.38. The van der Waals surface area contributed by atoms with E-state index in [0.29, 0.717) is 0 Å². The first-order chi connectivity index (χ1) is 7.61. The predicted molar refractivity (Wildman–Crippen MR) is 71.3 cm³/mol. The summed E-state index contributed by atoms with van der Waals surface area (Å²) in [5.41, 5.74) is 4.94. The van der Waals surface area contributed by atoms with Gasteiger partial charge in [0.2, 0.25) is 0 Å². The molecule has 0 aliphatic carbocycles. The fourth-order valence-corrected chi connectivity index (χ4v) is 2.45. The van der Waals surface area contributed by atoms with Crippen molar-refractivity contribution in [1.29, 1.82) is 0 Å². The molecule has 1 aromatic heterocycles. The molecular formula is C13H16N2S. The average Bonchev–Trinajstić information content (AvgIpc) is 2.64. The highest BCUT2D eigenvalue weighted by Crippen LogP contribution is 2.30. The Morgan fingerprint density at radius 1 is 1.12 bits per heavy atom. The third-order valence-electron chi connectivity index (χ3n) is 2.79. The summed E-state index contributed by atoms with van der Waals surface area (Å²) in [4.78, 5) is 5.83. The molecule has 0 aliphatic rings. The van der Waals surface area contributed by atoms with Crippen LogP contribution in [0.1, 0.15) is 16.0 Å². The molecule has 0 unspecified atom stereocenters. The van der Waals surface area contributed by atoms with Crippen LogP contribution < -0.4 is 5.32 Å². The van der Waals surface area contributed by atoms with Crippen LogP contribution in [-0.2, 0) is 0 Å². The van der Waals surface area contributed by atoms with Crippen LogP contribution in [0.4, 0.5) is 5.13 Å². The van der Waals surface area contributed by atoms with Gasteiger partial charge in [-0.3, -0.25) is 0 Å². The lowest BCUT2D eigenvalue weighted by Crippen LogP contribution is -1.88. The summed E-state index contributed by atoms with van der Waals surface area (Å²) in [6, 6.07) is 6.50. The molecule has 0 radical (unpaired) electrons. The number of benzene rings is 1. The van der Waals surface area contributed by atoms with Crippen molar-refractivity contribution in [3.8, 4) is 11.3 Å². The molecule has 1 heterocycles. The van der Waals surface area contributed by atoms with Crippen molar-refractivity contribution < 1.29 is 0 Å². The molecule has 16 heavy (non-hydrogen) atoms. The zero-order valence-corrected chi connectivity index (χ0v) is 10.9. The molecule has 84 valence electrons. The first kappa shape index (κ1) is 11.1. The predicted octanol–water partition coefficient (Wildman–Crippen LogP) is 3.78. The average molecular weight is 232 g/mol. The first-order valence-corrected chi connectivity index (χ1v) is 6.16. The Hall–Kier alpha value is -1.35. The van der Waals surface area contributed by atoms with E-state index in [1.54, 1.807) is 11.3 Å². The summed E-state index contributed by atoms with van der Waals surface area (Å²) in [5.74, 6) is 0. The summed E-state index contributed by atoms with van der Waals surface area (Å²) in [6.07, 6.45) is 0. The van der Waals surface area contributed by atoms with Crippen LogP contribution in [0.2, 0.25) is 0 Å². The molecule has 0 saturated heterocycles. The Kier molecular flexibility index (Phi) is 2.97. The monoisotopic (exact) mass is 232 g/mol. The second-order valence-corrected chi connectivity index (χ2v) is 5.18. The lowest BCUT2D eigenvalue weighted by Gasteiger charge is -2.03. The topological polar surface area (TPSA) is 24.9 Å². The van der Waals surface area contributed by atoms with Crippen molar-refractivity contribution in [3.05, 3.63) is 34.2 Å². The van der Waals surface area contributed by atoms with Crippen molar-refractivity contribution in [2.45, 2.75) is 20.8 Å². The van der Waals surface area contributed by atoms with E-state index in [0.717, 1.165) is 10.8 Å². The fourth-order valence-electron chi connectivity index (χ4n) is 1.66. The zero-order valence-electron chi connectivity index (χ0n) is 10.1. The minimum atomic E-state index is 0.978. The van der Waals surface area contributed by atoms with Gasteiger partial charge in [-0.05, 0) is 38.0 Å². The number of aryl methyl sites for hydroxylation is 3. The molecule has 0 atom stereocenters. The normalized spacial score (nSPS) is 10.5. The van der Waals surface area contributed by atoms with E-state index in [1.807, 2.05) is 7.05 Å². The maximum absolute atomic E-state index is 4.58. The number of hydrogen-bond acceptors (Lipinski definition) is 3. The first-order valence-electron chi connectivity index (χ1n) is 5.34. The van der Waals surface area contributed by atoms with E-state index >= 15 is 0 Å². The van der Waals surface area contributed by atoms with Gasteiger partial charge in [0.1, 0.15) is 0 Å². The molecule has 0 amide bonds. The summed E-state index contributed by atoms with van der Waals surface area (Å²) in [5, 5.41) is 4.07. The van der Waals surface area contributed by atoms with Gasteiger partial charge >= 0.3 is 0 Å². The Morgan fingerprint density at radius 3 is 2.44 bits per heavy atom. The quantitative estimate of drug-likeness (QED) is 0.852. The zero-order chi connectivity index (χ0) is 11.7. The molecule has 0 fully saturated rings. The summed E-state index contributed by atoms with van der Waals surface area (Å²) in [7, 11) is 1.91. The van der Waals surface area contributed by atoms with Gasteiger partial charge in [0.05, 0.1) is 5.69 Å². The van der Waals surface area contributed by atoms with Crippen LogP contribution in [-0.4, -0.2) is 12.0 Å². The van der Waals surface area contributed by atoms with Crippen LogP contribution >= 0.6 is 11.3 Å². The number of hydrogen-bond donors (Lipinski definition) is 1. The number of nitrogens with zero attached hydrogens (tertiary/aromatic N) is 1. The Labute approximate surface area is 100 Å². The van der Waals surface area contributed by atoms with Crippen molar-refractivity contribution in [2.24, 2.45) is 0 Å². The lowest BCUT2D eigenvalue weighted by atomic mass is 10.0. The summed E-state index contributed by atoms with van der Waals surface area (Å²) >= 11 is 1.70. The van der Waals surface area contributed by atoms with Crippen molar-refractivity contribution in [3.63, 3.8) is 0 Å². The molecule has 2 aromatic rings. The van der Waals surface area contributed by atoms with E-state index in [2.05, 4.69) is 49.3 Å². The minimum Gasteiger partial charge on any atom is -0.365 e. The maximum Gasteiger partial charge on any atom is 0.183 e. The number of nitrogens with one attached hydrogen (secondary N) is 1. The van der Waals surface area contributed by atoms with Gasteiger partial charge in [0.25, 0.3) is 0 Å². The molecule has 0 aliphatic heterocycles. The molecule has 1 N–H and O–H groups in total. The molecule has 0 spiro atoms. The van der Waals surface area contributed by atoms with Crippen LogP contribution in [0.5, 0.6) is 0 Å². The van der Waals surface area contributed by atoms with Gasteiger partial charge < -0.3 is 5.32 Å². The second kappa shape index (κ2) is 4.26. The minimum absolute atomic E-state index is 0.978. The standard InChI is InChI=1S/C13H16N2S/c1-8-5-6-11(7-9(8)2)12-10(3)16-13(14-4)15-12/h5-7H,1-4H3,(H,14,15). The Bertz CT molecular complexity index is 515. The second-order valence-electron chi connectivity index (χ2n) is 3.97. The van der Waals surface area contributed by atoms with E-state index < -0.39 is 0 Å². The number of aromatic nitrogens is 1. The van der Waals surface area contributed by atoms with Crippen LogP contribution in [0.3, 0.4) is 0 Å². The number of anilines is 1. The largest absolute Gasteiger partial charge is 0.365 e. The molecule has 2 nitrogen and oxygen atoms in total. The van der Waals surface area contributed by atoms with Crippen molar-refractivity contribution in [1.82, 2.24) is 4.98 Å². The third-order valence-corrected chi connectivity index (χ3v) is 3.78. The molecular weight excluding hydrogens is 216 g/mol. The van der Waals surface area contributed by atoms with Crippen LogP contribution in [0.25, 0.3) is 11.3 Å². The van der Waals surface area contributed by atoms with E-state index in [4.69, 9.17) is 0 Å². The van der Waals surface area contributed by atoms with E-state index in [9.17, 15) is 0 Å². The Balaban J connectivity index is 2.49. The third kappa shape index (κ3) is 1.95. The van der Waals surface area contributed by atoms with Gasteiger partial charge in [-0.1, -0.05) is 12.1 Å². The number of thiazole rings is 1. The van der Waals surface area contributed by atoms with E-state index in [-0.39, 0.29) is 0 Å². The van der Waals surface area contributed by atoms with Gasteiger partial charge in [-0.2, -0.15) is 0 Å². The maximum atomic E-state index is 4.58. The van der Waals surface area contributed by atoms with Crippen molar-refractivity contribution >= 4 is 16.5 Å². The van der Waals surface area contributed by atoms with Gasteiger partial charge in [-0.15, -0.1) is 11.3 Å². The van der Waals surface area contributed by atoms with Crippen LogP contribution in [0.15, 0.2) is 18.2 Å². The van der Waals surface area contributed by atoms with Crippen LogP contribution in [0, 0.1) is 20.8 Å². The SMILES string of the molecule is CNc1nc(-c2ccc(C)c(C)c2)c(C)s1. The highest BCUT2D eigenvalue weighted by Gasteiger charge is 2.09. The highest BCUT2D eigenvalue weighted by molar-refractivity contribution is 7.15. The van der Waals surface area contributed by atoms with Gasteiger partial charge in [0.15, 0.2) is 5.13 Å². The fraction of sp³-hybridized carbons (Fsp3) is 0.308.